The lowest BCUT2D eigenvalue weighted by molar-refractivity contribution is -0.139. The van der Waals surface area contributed by atoms with Crippen LogP contribution < -0.4 is 14.8 Å². The Labute approximate surface area is 146 Å². The van der Waals surface area contributed by atoms with Crippen LogP contribution in [-0.2, 0) is 16.0 Å². The van der Waals surface area contributed by atoms with Gasteiger partial charge in [-0.25, -0.2) is 0 Å². The standard InChI is InChI=1S/C19H20N2O4/c1-21(12-18(22)20-14-7-9-15(24-2)10-8-14)19(23)17-11-13-5-3-4-6-16(13)25-17/h3-10,17H,11-12H2,1-2H3,(H,20,22)/t17-/m0/s1. The van der Waals surface area contributed by atoms with Crippen LogP contribution in [0, 0.1) is 0 Å². The average Bonchev–Trinajstić information content (AvgIpc) is 3.05. The second-order valence-electron chi connectivity index (χ2n) is 5.89. The van der Waals surface area contributed by atoms with Crippen molar-refractivity contribution in [3.63, 3.8) is 0 Å². The maximum absolute atomic E-state index is 12.5. The smallest absolute Gasteiger partial charge is 0.264 e. The number of amides is 2. The fraction of sp³-hybridized carbons (Fsp3) is 0.263. The molecule has 25 heavy (non-hydrogen) atoms. The van der Waals surface area contributed by atoms with Gasteiger partial charge in [0.25, 0.3) is 5.91 Å². The first-order valence-electron chi connectivity index (χ1n) is 8.00. The second-order valence-corrected chi connectivity index (χ2v) is 5.89. The summed E-state index contributed by atoms with van der Waals surface area (Å²) < 4.78 is 10.8. The van der Waals surface area contributed by atoms with E-state index in [2.05, 4.69) is 5.32 Å². The van der Waals surface area contributed by atoms with Crippen molar-refractivity contribution in [1.29, 1.82) is 0 Å². The summed E-state index contributed by atoms with van der Waals surface area (Å²) in [6.45, 7) is -0.0406. The Morgan fingerprint density at radius 3 is 2.60 bits per heavy atom. The molecule has 6 nitrogen and oxygen atoms in total. The molecular weight excluding hydrogens is 320 g/mol. The summed E-state index contributed by atoms with van der Waals surface area (Å²) >= 11 is 0. The molecule has 0 radical (unpaired) electrons. The quantitative estimate of drug-likeness (QED) is 0.905. The number of anilines is 1. The molecule has 2 aromatic carbocycles. The number of nitrogens with zero attached hydrogens (tertiary/aromatic N) is 1. The van der Waals surface area contributed by atoms with Crippen molar-refractivity contribution in [3.8, 4) is 11.5 Å². The Morgan fingerprint density at radius 2 is 1.92 bits per heavy atom. The third-order valence-electron chi connectivity index (χ3n) is 4.05. The van der Waals surface area contributed by atoms with Gasteiger partial charge in [0.1, 0.15) is 11.5 Å². The summed E-state index contributed by atoms with van der Waals surface area (Å²) in [7, 11) is 3.18. The molecule has 6 heteroatoms. The molecule has 0 spiro atoms. The number of carbonyl (C=O) groups excluding carboxylic acids is 2. The zero-order valence-electron chi connectivity index (χ0n) is 14.2. The van der Waals surface area contributed by atoms with Gasteiger partial charge in [0, 0.05) is 19.2 Å². The molecule has 1 atom stereocenters. The lowest BCUT2D eigenvalue weighted by Crippen LogP contribution is -2.42. The Morgan fingerprint density at radius 1 is 1.20 bits per heavy atom. The van der Waals surface area contributed by atoms with Crippen LogP contribution in [0.25, 0.3) is 0 Å². The highest BCUT2D eigenvalue weighted by Crippen LogP contribution is 2.28. The molecule has 3 rings (SSSR count). The van der Waals surface area contributed by atoms with Crippen molar-refractivity contribution in [2.45, 2.75) is 12.5 Å². The van der Waals surface area contributed by atoms with E-state index in [4.69, 9.17) is 9.47 Å². The van der Waals surface area contributed by atoms with Crippen LogP contribution in [0.1, 0.15) is 5.56 Å². The van der Waals surface area contributed by atoms with Gasteiger partial charge < -0.3 is 19.7 Å². The number of likely N-dealkylation sites (N-methyl/N-ethyl adjacent to an activating group) is 1. The number of methoxy groups -OCH3 is 1. The highest BCUT2D eigenvalue weighted by molar-refractivity contribution is 5.95. The molecule has 1 aliphatic rings. The number of nitrogens with one attached hydrogen (secondary N) is 1. The molecule has 0 bridgehead atoms. The fourth-order valence-corrected chi connectivity index (χ4v) is 2.73. The number of rotatable bonds is 5. The molecule has 0 unspecified atom stereocenters. The molecule has 1 heterocycles. The molecule has 0 fully saturated rings. The first kappa shape index (κ1) is 16.8. The van der Waals surface area contributed by atoms with Crippen LogP contribution in [0.15, 0.2) is 48.5 Å². The normalized spacial score (nSPS) is 15.0. The molecular formula is C19H20N2O4. The van der Waals surface area contributed by atoms with Crippen LogP contribution in [0.5, 0.6) is 11.5 Å². The monoisotopic (exact) mass is 340 g/mol. The number of para-hydroxylation sites is 1. The molecule has 0 aliphatic carbocycles. The topological polar surface area (TPSA) is 67.9 Å². The van der Waals surface area contributed by atoms with Crippen molar-refractivity contribution in [1.82, 2.24) is 4.90 Å². The van der Waals surface area contributed by atoms with Crippen LogP contribution >= 0.6 is 0 Å². The highest BCUT2D eigenvalue weighted by atomic mass is 16.5. The Balaban J connectivity index is 1.53. The summed E-state index contributed by atoms with van der Waals surface area (Å²) in [5.74, 6) is 0.970. The third kappa shape index (κ3) is 3.91. The van der Waals surface area contributed by atoms with E-state index >= 15 is 0 Å². The summed E-state index contributed by atoms with van der Waals surface area (Å²) in [4.78, 5) is 26.0. The predicted octanol–water partition coefficient (Wildman–Crippen LogP) is 2.10. The Bertz CT molecular complexity index is 748. The number of hydrogen-bond donors (Lipinski definition) is 1. The number of benzene rings is 2. The lowest BCUT2D eigenvalue weighted by atomic mass is 10.1. The van der Waals surface area contributed by atoms with Gasteiger partial charge in [0.15, 0.2) is 6.10 Å². The molecule has 0 saturated heterocycles. The van der Waals surface area contributed by atoms with E-state index in [0.29, 0.717) is 17.9 Å². The first-order valence-corrected chi connectivity index (χ1v) is 8.00. The third-order valence-corrected chi connectivity index (χ3v) is 4.05. The van der Waals surface area contributed by atoms with Crippen molar-refractivity contribution in [2.24, 2.45) is 0 Å². The molecule has 1 aliphatic heterocycles. The van der Waals surface area contributed by atoms with Gasteiger partial charge in [-0.1, -0.05) is 18.2 Å². The molecule has 0 aromatic heterocycles. The predicted molar refractivity (Wildman–Crippen MR) is 93.8 cm³/mol. The number of ether oxygens (including phenoxy) is 2. The van der Waals surface area contributed by atoms with Gasteiger partial charge in [-0.05, 0) is 35.9 Å². The van der Waals surface area contributed by atoms with E-state index in [1.807, 2.05) is 24.3 Å². The van der Waals surface area contributed by atoms with Crippen molar-refractivity contribution < 1.29 is 19.1 Å². The fourth-order valence-electron chi connectivity index (χ4n) is 2.73. The molecule has 2 aromatic rings. The molecule has 130 valence electrons. The Hall–Kier alpha value is -3.02. The van der Waals surface area contributed by atoms with Gasteiger partial charge in [-0.15, -0.1) is 0 Å². The van der Waals surface area contributed by atoms with E-state index < -0.39 is 6.10 Å². The Kier molecular flexibility index (Phi) is 4.88. The molecule has 1 N–H and O–H groups in total. The van der Waals surface area contributed by atoms with Gasteiger partial charge in [0.2, 0.25) is 5.91 Å². The minimum Gasteiger partial charge on any atom is -0.497 e. The number of fused-ring (bicyclic) bond motifs is 1. The van der Waals surface area contributed by atoms with Crippen molar-refractivity contribution in [3.05, 3.63) is 54.1 Å². The van der Waals surface area contributed by atoms with Crippen LogP contribution in [-0.4, -0.2) is 43.5 Å². The maximum atomic E-state index is 12.5. The van der Waals surface area contributed by atoms with Gasteiger partial charge >= 0.3 is 0 Å². The molecule has 0 saturated carbocycles. The van der Waals surface area contributed by atoms with Gasteiger partial charge in [-0.3, -0.25) is 9.59 Å². The van der Waals surface area contributed by atoms with Crippen molar-refractivity contribution >= 4 is 17.5 Å². The molecule has 2 amide bonds. The van der Waals surface area contributed by atoms with Crippen molar-refractivity contribution in [2.75, 3.05) is 26.0 Å². The zero-order valence-corrected chi connectivity index (χ0v) is 14.2. The summed E-state index contributed by atoms with van der Waals surface area (Å²) in [6.07, 6.45) is -0.0457. The first-order chi connectivity index (χ1) is 12.1. The van der Waals surface area contributed by atoms with E-state index in [-0.39, 0.29) is 18.4 Å². The van der Waals surface area contributed by atoms with Gasteiger partial charge in [-0.2, -0.15) is 0 Å². The van der Waals surface area contributed by atoms with Gasteiger partial charge in [0.05, 0.1) is 13.7 Å². The summed E-state index contributed by atoms with van der Waals surface area (Å²) in [5, 5.41) is 2.76. The van der Waals surface area contributed by atoms with Crippen LogP contribution in [0.4, 0.5) is 5.69 Å². The van der Waals surface area contributed by atoms with Crippen LogP contribution in [0.3, 0.4) is 0 Å². The van der Waals surface area contributed by atoms with E-state index in [0.717, 1.165) is 11.3 Å². The number of carbonyl (C=O) groups is 2. The largest absolute Gasteiger partial charge is 0.497 e. The van der Waals surface area contributed by atoms with Crippen LogP contribution in [0.2, 0.25) is 0 Å². The SMILES string of the molecule is COc1ccc(NC(=O)CN(C)C(=O)[C@@H]2Cc3ccccc3O2)cc1. The lowest BCUT2D eigenvalue weighted by Gasteiger charge is -2.20. The minimum atomic E-state index is -0.573. The van der Waals surface area contributed by atoms with E-state index in [9.17, 15) is 9.59 Å². The number of hydrogen-bond acceptors (Lipinski definition) is 4. The second kappa shape index (κ2) is 7.25. The zero-order chi connectivity index (χ0) is 17.8. The highest BCUT2D eigenvalue weighted by Gasteiger charge is 2.31. The maximum Gasteiger partial charge on any atom is 0.264 e. The van der Waals surface area contributed by atoms with E-state index in [1.54, 1.807) is 38.4 Å². The summed E-state index contributed by atoms with van der Waals surface area (Å²) in [5.41, 5.74) is 1.66. The van der Waals surface area contributed by atoms with E-state index in [1.165, 1.54) is 4.90 Å². The average molecular weight is 340 g/mol. The summed E-state index contributed by atoms with van der Waals surface area (Å²) in [6, 6.07) is 14.6. The minimum absolute atomic E-state index is 0.0406.